The summed E-state index contributed by atoms with van der Waals surface area (Å²) >= 11 is 0. The Morgan fingerprint density at radius 3 is 1.67 bits per heavy atom. The molecule has 6 nitrogen and oxygen atoms in total. The number of hydrogen-bond donors (Lipinski definition) is 2. The van der Waals surface area contributed by atoms with Gasteiger partial charge in [0, 0.05) is 6.42 Å². The molecule has 0 saturated carbocycles. The highest BCUT2D eigenvalue weighted by molar-refractivity contribution is 8.05. The zero-order chi connectivity index (χ0) is 11.0. The van der Waals surface area contributed by atoms with Crippen LogP contribution in [0.15, 0.2) is 24.3 Å². The van der Waals surface area contributed by atoms with Crippen LogP contribution in [0, 0.1) is 0 Å². The van der Waals surface area contributed by atoms with Crippen molar-refractivity contribution in [3.8, 4) is 0 Å². The molecule has 2 N–H and O–H groups in total. The summed E-state index contributed by atoms with van der Waals surface area (Å²) in [5, 5.41) is 0. The number of hydrogen-bond acceptors (Lipinski definition) is 4. The Labute approximate surface area is 93.6 Å². The van der Waals surface area contributed by atoms with Crippen LogP contribution in [0.25, 0.3) is 0 Å². The Kier molecular flexibility index (Phi) is 4.11. The average molecular weight is 277 g/mol. The molecular formula is C6H9ClO6S2. The van der Waals surface area contributed by atoms with Gasteiger partial charge in [-0.3, -0.25) is 9.11 Å². The van der Waals surface area contributed by atoms with Crippen molar-refractivity contribution >= 4 is 32.6 Å². The van der Waals surface area contributed by atoms with Crippen molar-refractivity contribution in [2.45, 2.75) is 10.5 Å². The van der Waals surface area contributed by atoms with E-state index in [4.69, 9.17) is 9.11 Å². The fourth-order valence-electron chi connectivity index (χ4n) is 1.10. The lowest BCUT2D eigenvalue weighted by atomic mass is 10.2. The normalized spacial score (nSPS) is 19.6. The standard InChI is InChI=1S/C6H8O6S2.ClH/c7-13(8,9)6(14(10,11)12)4-2-1-3-5-6;/h1-4H,5H2,(H,7,8,9)(H,10,11,12);1H. The van der Waals surface area contributed by atoms with E-state index in [2.05, 4.69) is 0 Å². The predicted molar refractivity (Wildman–Crippen MR) is 56.0 cm³/mol. The molecule has 0 amide bonds. The van der Waals surface area contributed by atoms with E-state index >= 15 is 0 Å². The van der Waals surface area contributed by atoms with Crippen LogP contribution < -0.4 is 0 Å². The summed E-state index contributed by atoms with van der Waals surface area (Å²) in [7, 11) is -9.84. The molecule has 0 unspecified atom stereocenters. The van der Waals surface area contributed by atoms with E-state index in [0.29, 0.717) is 0 Å². The number of halogens is 1. The smallest absolute Gasteiger partial charge is 0.284 e. The first-order chi connectivity index (χ1) is 6.21. The molecule has 0 radical (unpaired) electrons. The molecule has 0 spiro atoms. The minimum absolute atomic E-state index is 0. The highest BCUT2D eigenvalue weighted by atomic mass is 35.5. The van der Waals surface area contributed by atoms with Crippen molar-refractivity contribution in [3.63, 3.8) is 0 Å². The van der Waals surface area contributed by atoms with E-state index in [1.54, 1.807) is 0 Å². The van der Waals surface area contributed by atoms with Gasteiger partial charge in [0.1, 0.15) is 0 Å². The predicted octanol–water partition coefficient (Wildman–Crippen LogP) is 0.396. The summed E-state index contributed by atoms with van der Waals surface area (Å²) in [6, 6.07) is 0. The summed E-state index contributed by atoms with van der Waals surface area (Å²) < 4.78 is 58.4. The average Bonchev–Trinajstić information content (AvgIpc) is 2.02. The van der Waals surface area contributed by atoms with Crippen LogP contribution >= 0.6 is 12.4 Å². The summed E-state index contributed by atoms with van der Waals surface area (Å²) in [6.07, 6.45) is 3.99. The van der Waals surface area contributed by atoms with Crippen molar-refractivity contribution in [1.29, 1.82) is 0 Å². The maximum atomic E-state index is 10.9. The molecule has 0 aromatic rings. The van der Waals surface area contributed by atoms with Crippen molar-refractivity contribution < 1.29 is 25.9 Å². The zero-order valence-electron chi connectivity index (χ0n) is 7.27. The fourth-order valence-corrected chi connectivity index (χ4v) is 3.28. The van der Waals surface area contributed by atoms with Crippen LogP contribution in [0.5, 0.6) is 0 Å². The van der Waals surface area contributed by atoms with Gasteiger partial charge < -0.3 is 0 Å². The van der Waals surface area contributed by atoms with E-state index in [1.807, 2.05) is 0 Å². The minimum atomic E-state index is -4.92. The third-order valence-electron chi connectivity index (χ3n) is 1.87. The van der Waals surface area contributed by atoms with Gasteiger partial charge in [0.15, 0.2) is 0 Å². The van der Waals surface area contributed by atoms with Gasteiger partial charge in [0.05, 0.1) is 0 Å². The van der Waals surface area contributed by atoms with Crippen molar-refractivity contribution in [1.82, 2.24) is 0 Å². The van der Waals surface area contributed by atoms with Gasteiger partial charge in [-0.25, -0.2) is 0 Å². The number of allylic oxidation sites excluding steroid dienone is 3. The Bertz CT molecular complexity index is 454. The molecule has 0 heterocycles. The van der Waals surface area contributed by atoms with Crippen LogP contribution in [-0.2, 0) is 20.2 Å². The van der Waals surface area contributed by atoms with Crippen molar-refractivity contribution in [2.24, 2.45) is 0 Å². The van der Waals surface area contributed by atoms with Crippen LogP contribution in [0.3, 0.4) is 0 Å². The first-order valence-electron chi connectivity index (χ1n) is 3.49. The molecule has 0 aromatic carbocycles. The Morgan fingerprint density at radius 2 is 1.47 bits per heavy atom. The van der Waals surface area contributed by atoms with Gasteiger partial charge in [-0.2, -0.15) is 16.8 Å². The van der Waals surface area contributed by atoms with Crippen LogP contribution in [0.2, 0.25) is 0 Å². The maximum absolute atomic E-state index is 10.9. The zero-order valence-corrected chi connectivity index (χ0v) is 9.72. The van der Waals surface area contributed by atoms with Gasteiger partial charge in [-0.15, -0.1) is 12.4 Å². The molecule has 1 aliphatic carbocycles. The van der Waals surface area contributed by atoms with E-state index < -0.39 is 30.7 Å². The molecule has 0 aromatic heterocycles. The van der Waals surface area contributed by atoms with Gasteiger partial charge in [-0.1, -0.05) is 18.2 Å². The Balaban J connectivity index is 0.00000196. The molecule has 15 heavy (non-hydrogen) atoms. The summed E-state index contributed by atoms with van der Waals surface area (Å²) in [5.74, 6) is 0. The van der Waals surface area contributed by atoms with Gasteiger partial charge in [0.25, 0.3) is 20.2 Å². The van der Waals surface area contributed by atoms with Crippen LogP contribution in [0.1, 0.15) is 6.42 Å². The second-order valence-electron chi connectivity index (χ2n) is 2.75. The molecule has 0 saturated heterocycles. The third-order valence-corrected chi connectivity index (χ3v) is 5.49. The third kappa shape index (κ3) is 2.40. The molecule has 0 bridgehead atoms. The first kappa shape index (κ1) is 14.6. The van der Waals surface area contributed by atoms with Gasteiger partial charge >= 0.3 is 0 Å². The van der Waals surface area contributed by atoms with Crippen LogP contribution in [0.4, 0.5) is 0 Å². The quantitative estimate of drug-likeness (QED) is 0.707. The summed E-state index contributed by atoms with van der Waals surface area (Å²) in [6.45, 7) is 0. The topological polar surface area (TPSA) is 109 Å². The van der Waals surface area contributed by atoms with Crippen molar-refractivity contribution in [3.05, 3.63) is 24.3 Å². The van der Waals surface area contributed by atoms with Gasteiger partial charge in [-0.05, 0) is 6.08 Å². The SMILES string of the molecule is Cl.O=S(=O)(O)C1(S(=O)(=O)O)C=CC=CC1. The van der Waals surface area contributed by atoms with Crippen LogP contribution in [-0.4, -0.2) is 30.0 Å². The molecule has 88 valence electrons. The Morgan fingerprint density at radius 1 is 1.00 bits per heavy atom. The molecule has 0 atom stereocenters. The number of rotatable bonds is 2. The monoisotopic (exact) mass is 276 g/mol. The Hall–Kier alpha value is -0.410. The minimum Gasteiger partial charge on any atom is -0.284 e. The van der Waals surface area contributed by atoms with Crippen molar-refractivity contribution in [2.75, 3.05) is 0 Å². The second kappa shape index (κ2) is 4.22. The van der Waals surface area contributed by atoms with E-state index in [9.17, 15) is 16.8 Å². The van der Waals surface area contributed by atoms with E-state index in [0.717, 1.165) is 12.2 Å². The summed E-state index contributed by atoms with van der Waals surface area (Å²) in [5.41, 5.74) is 0. The largest absolute Gasteiger partial charge is 0.291 e. The lowest BCUT2D eigenvalue weighted by molar-refractivity contribution is 0.437. The molecular weight excluding hydrogens is 268 g/mol. The molecule has 1 aliphatic rings. The molecule has 0 fully saturated rings. The first-order valence-corrected chi connectivity index (χ1v) is 6.37. The van der Waals surface area contributed by atoms with E-state index in [1.165, 1.54) is 12.2 Å². The van der Waals surface area contributed by atoms with Gasteiger partial charge in [0.2, 0.25) is 4.08 Å². The summed E-state index contributed by atoms with van der Waals surface area (Å²) in [4.78, 5) is 0. The molecule has 1 rings (SSSR count). The lowest BCUT2D eigenvalue weighted by Crippen LogP contribution is -2.44. The molecule has 0 aliphatic heterocycles. The molecule has 9 heteroatoms. The van der Waals surface area contributed by atoms with E-state index in [-0.39, 0.29) is 12.4 Å². The highest BCUT2D eigenvalue weighted by Gasteiger charge is 2.52. The fraction of sp³-hybridized carbons (Fsp3) is 0.333. The second-order valence-corrected chi connectivity index (χ2v) is 6.37. The highest BCUT2D eigenvalue weighted by Crippen LogP contribution is 2.31. The lowest BCUT2D eigenvalue weighted by Gasteiger charge is -2.23. The maximum Gasteiger partial charge on any atom is 0.291 e.